The highest BCUT2D eigenvalue weighted by Gasteiger charge is 2.30. The summed E-state index contributed by atoms with van der Waals surface area (Å²) >= 11 is 0. The van der Waals surface area contributed by atoms with Crippen molar-refractivity contribution in [1.29, 1.82) is 0 Å². The number of hydrogen-bond acceptors (Lipinski definition) is 3. The highest BCUT2D eigenvalue weighted by atomic mass is 19.4. The van der Waals surface area contributed by atoms with Crippen LogP contribution in [0.4, 0.5) is 13.2 Å². The molecule has 0 fully saturated rings. The van der Waals surface area contributed by atoms with Crippen LogP contribution in [0.15, 0.2) is 59.5 Å². The lowest BCUT2D eigenvalue weighted by Crippen LogP contribution is -2.07. The standard InChI is InChI=1S/C16H9F3N2O/c17-16(18,19)12-6-7-13-11(8-12)9-20-14(15(22)21-13)10-4-2-1-3-5-10/h1-9H. The van der Waals surface area contributed by atoms with Crippen LogP contribution in [0.5, 0.6) is 0 Å². The Kier molecular flexibility index (Phi) is 3.36. The molecule has 0 atom stereocenters. The van der Waals surface area contributed by atoms with Crippen LogP contribution in [0.3, 0.4) is 0 Å². The molecule has 0 amide bonds. The first-order chi connectivity index (χ1) is 10.4. The number of halogens is 3. The van der Waals surface area contributed by atoms with E-state index >= 15 is 0 Å². The molecule has 0 unspecified atom stereocenters. The van der Waals surface area contributed by atoms with Gasteiger partial charge in [0.15, 0.2) is 0 Å². The fourth-order valence-corrected chi connectivity index (χ4v) is 2.08. The predicted molar refractivity (Wildman–Crippen MR) is 76.2 cm³/mol. The highest BCUT2D eigenvalue weighted by Crippen LogP contribution is 2.30. The van der Waals surface area contributed by atoms with E-state index in [4.69, 9.17) is 0 Å². The van der Waals surface area contributed by atoms with Gasteiger partial charge in [-0.05, 0) is 18.2 Å². The summed E-state index contributed by atoms with van der Waals surface area (Å²) in [5.74, 6) is 0. The number of aromatic nitrogens is 2. The first kappa shape index (κ1) is 14.2. The lowest BCUT2D eigenvalue weighted by Gasteiger charge is -2.05. The number of nitrogens with zero attached hydrogens (tertiary/aromatic N) is 2. The van der Waals surface area contributed by atoms with Crippen LogP contribution in [0.25, 0.3) is 22.2 Å². The third-order valence-electron chi connectivity index (χ3n) is 3.16. The van der Waals surface area contributed by atoms with E-state index in [-0.39, 0.29) is 16.6 Å². The maximum atomic E-state index is 12.7. The normalized spacial score (nSPS) is 11.6. The number of alkyl halides is 3. The Morgan fingerprint density at radius 3 is 2.36 bits per heavy atom. The van der Waals surface area contributed by atoms with E-state index in [1.165, 1.54) is 12.3 Å². The summed E-state index contributed by atoms with van der Waals surface area (Å²) in [6.07, 6.45) is -3.22. The smallest absolute Gasteiger partial charge is 0.265 e. The lowest BCUT2D eigenvalue weighted by atomic mass is 10.1. The SMILES string of the molecule is O=c1nc2ccc(C(F)(F)F)cc2cnc1-c1ccccc1. The summed E-state index contributed by atoms with van der Waals surface area (Å²) in [6, 6.07) is 11.7. The number of rotatable bonds is 1. The molecule has 0 saturated carbocycles. The van der Waals surface area contributed by atoms with Crippen LogP contribution in [0.2, 0.25) is 0 Å². The molecule has 1 heterocycles. The molecule has 3 aromatic rings. The van der Waals surface area contributed by atoms with E-state index in [1.54, 1.807) is 30.3 Å². The van der Waals surface area contributed by atoms with Gasteiger partial charge in [-0.15, -0.1) is 0 Å². The molecule has 0 aliphatic heterocycles. The summed E-state index contributed by atoms with van der Waals surface area (Å²) in [5.41, 5.74) is -0.543. The molecule has 22 heavy (non-hydrogen) atoms. The van der Waals surface area contributed by atoms with Gasteiger partial charge >= 0.3 is 6.18 Å². The minimum Gasteiger partial charge on any atom is -0.265 e. The molecule has 0 bridgehead atoms. The van der Waals surface area contributed by atoms with Crippen LogP contribution in [-0.2, 0) is 6.18 Å². The van der Waals surface area contributed by atoms with Crippen molar-refractivity contribution in [1.82, 2.24) is 9.97 Å². The van der Waals surface area contributed by atoms with Crippen molar-refractivity contribution in [2.24, 2.45) is 0 Å². The predicted octanol–water partition coefficient (Wildman–Crippen LogP) is 3.68. The van der Waals surface area contributed by atoms with Crippen LogP contribution in [-0.4, -0.2) is 9.97 Å². The second kappa shape index (κ2) is 5.22. The van der Waals surface area contributed by atoms with Crippen molar-refractivity contribution in [3.63, 3.8) is 0 Å². The van der Waals surface area contributed by atoms with Gasteiger partial charge in [0.25, 0.3) is 5.56 Å². The number of fused-ring (bicyclic) bond motifs is 1. The molecule has 0 aliphatic carbocycles. The van der Waals surface area contributed by atoms with Gasteiger partial charge in [-0.2, -0.15) is 13.2 Å². The van der Waals surface area contributed by atoms with Crippen LogP contribution in [0.1, 0.15) is 5.56 Å². The average Bonchev–Trinajstić information content (AvgIpc) is 2.64. The van der Waals surface area contributed by atoms with Crippen LogP contribution < -0.4 is 5.56 Å². The van der Waals surface area contributed by atoms with Crippen molar-refractivity contribution in [3.8, 4) is 11.3 Å². The maximum absolute atomic E-state index is 12.7. The molecule has 0 radical (unpaired) electrons. The molecule has 3 rings (SSSR count). The van der Waals surface area contributed by atoms with Crippen LogP contribution in [0, 0.1) is 0 Å². The van der Waals surface area contributed by atoms with Gasteiger partial charge in [-0.3, -0.25) is 4.79 Å². The molecule has 0 aliphatic rings. The van der Waals surface area contributed by atoms with E-state index in [0.717, 1.165) is 12.1 Å². The Morgan fingerprint density at radius 2 is 1.68 bits per heavy atom. The fraction of sp³-hybridized carbons (Fsp3) is 0.0625. The van der Waals surface area contributed by atoms with Crippen molar-refractivity contribution < 1.29 is 13.2 Å². The van der Waals surface area contributed by atoms with Gasteiger partial charge in [-0.1, -0.05) is 30.3 Å². The van der Waals surface area contributed by atoms with E-state index in [2.05, 4.69) is 9.97 Å². The molecule has 1 aromatic heterocycles. The maximum Gasteiger partial charge on any atom is 0.416 e. The van der Waals surface area contributed by atoms with Gasteiger partial charge in [-0.25, -0.2) is 9.97 Å². The Morgan fingerprint density at radius 1 is 0.955 bits per heavy atom. The topological polar surface area (TPSA) is 42.9 Å². The summed E-state index contributed by atoms with van der Waals surface area (Å²) in [5, 5.41) is 0.161. The minimum atomic E-state index is -4.45. The zero-order chi connectivity index (χ0) is 15.7. The van der Waals surface area contributed by atoms with Crippen molar-refractivity contribution in [3.05, 3.63) is 70.6 Å². The monoisotopic (exact) mass is 302 g/mol. The molecule has 110 valence electrons. The van der Waals surface area contributed by atoms with E-state index < -0.39 is 17.3 Å². The lowest BCUT2D eigenvalue weighted by molar-refractivity contribution is -0.137. The van der Waals surface area contributed by atoms with E-state index in [0.29, 0.717) is 5.56 Å². The Balaban J connectivity index is 2.24. The van der Waals surface area contributed by atoms with Crippen molar-refractivity contribution in [2.45, 2.75) is 6.18 Å². The Bertz CT molecular complexity index is 893. The largest absolute Gasteiger partial charge is 0.416 e. The quantitative estimate of drug-likeness (QED) is 0.688. The average molecular weight is 302 g/mol. The Labute approximate surface area is 123 Å². The zero-order valence-corrected chi connectivity index (χ0v) is 11.1. The van der Waals surface area contributed by atoms with Crippen molar-refractivity contribution >= 4 is 10.9 Å². The second-order valence-corrected chi connectivity index (χ2v) is 4.66. The molecule has 0 N–H and O–H groups in total. The molecular formula is C16H9F3N2O. The first-order valence-corrected chi connectivity index (χ1v) is 6.39. The Hall–Kier alpha value is -2.76. The molecule has 0 spiro atoms. The van der Waals surface area contributed by atoms with E-state index in [1.807, 2.05) is 0 Å². The third kappa shape index (κ3) is 2.67. The summed E-state index contributed by atoms with van der Waals surface area (Å²) in [6.45, 7) is 0. The van der Waals surface area contributed by atoms with Gasteiger partial charge in [0, 0.05) is 17.1 Å². The van der Waals surface area contributed by atoms with Gasteiger partial charge in [0.1, 0.15) is 5.69 Å². The molecule has 6 heteroatoms. The molecular weight excluding hydrogens is 293 g/mol. The van der Waals surface area contributed by atoms with Gasteiger partial charge in [0.05, 0.1) is 11.1 Å². The van der Waals surface area contributed by atoms with E-state index in [9.17, 15) is 18.0 Å². The summed E-state index contributed by atoms with van der Waals surface area (Å²) in [7, 11) is 0. The first-order valence-electron chi connectivity index (χ1n) is 6.39. The van der Waals surface area contributed by atoms with Crippen LogP contribution >= 0.6 is 0 Å². The fourth-order valence-electron chi connectivity index (χ4n) is 2.08. The highest BCUT2D eigenvalue weighted by molar-refractivity contribution is 5.78. The molecule has 2 aromatic carbocycles. The molecule has 0 saturated heterocycles. The molecule has 3 nitrogen and oxygen atoms in total. The van der Waals surface area contributed by atoms with Gasteiger partial charge < -0.3 is 0 Å². The minimum absolute atomic E-state index is 0.102. The summed E-state index contributed by atoms with van der Waals surface area (Å²) in [4.78, 5) is 20.0. The summed E-state index contributed by atoms with van der Waals surface area (Å²) < 4.78 is 38.2. The zero-order valence-electron chi connectivity index (χ0n) is 11.1. The number of benzene rings is 2. The van der Waals surface area contributed by atoms with Gasteiger partial charge in [0.2, 0.25) is 0 Å². The third-order valence-corrected chi connectivity index (χ3v) is 3.16. The van der Waals surface area contributed by atoms with Crippen molar-refractivity contribution in [2.75, 3.05) is 0 Å². The second-order valence-electron chi connectivity index (χ2n) is 4.66. The number of hydrogen-bond donors (Lipinski definition) is 0.